The third kappa shape index (κ3) is 4.28. The van der Waals surface area contributed by atoms with Gasteiger partial charge in [0.15, 0.2) is 0 Å². The number of amides is 1. The number of carbonyl (C=O) groups excluding carboxylic acids is 1. The highest BCUT2D eigenvalue weighted by Gasteiger charge is 2.21. The molecule has 0 unspecified atom stereocenters. The van der Waals surface area contributed by atoms with Gasteiger partial charge in [0.25, 0.3) is 0 Å². The predicted octanol–water partition coefficient (Wildman–Crippen LogP) is 3.07. The van der Waals surface area contributed by atoms with Crippen LogP contribution in [0.2, 0.25) is 0 Å². The normalized spacial score (nSPS) is 14.3. The number of nitrogens with one attached hydrogen (secondary N) is 1. The van der Waals surface area contributed by atoms with E-state index in [9.17, 15) is 4.79 Å². The average molecular weight is 353 g/mol. The summed E-state index contributed by atoms with van der Waals surface area (Å²) in [5.41, 5.74) is 4.66. The van der Waals surface area contributed by atoms with Gasteiger partial charge >= 0.3 is 0 Å². The summed E-state index contributed by atoms with van der Waals surface area (Å²) < 4.78 is 5.20. The summed E-state index contributed by atoms with van der Waals surface area (Å²) in [5.74, 6) is 1.01. The average Bonchev–Trinajstić information content (AvgIpc) is 2.69. The molecular weight excluding hydrogens is 326 g/mol. The van der Waals surface area contributed by atoms with Gasteiger partial charge in [-0.3, -0.25) is 4.79 Å². The molecular formula is C21H27N3O2. The number of benzene rings is 2. The molecule has 0 bridgehead atoms. The molecule has 3 rings (SSSR count). The third-order valence-corrected chi connectivity index (χ3v) is 5.02. The maximum atomic E-state index is 12.5. The molecule has 0 spiro atoms. The van der Waals surface area contributed by atoms with Crippen LogP contribution in [-0.4, -0.2) is 50.6 Å². The highest BCUT2D eigenvalue weighted by molar-refractivity contribution is 5.81. The van der Waals surface area contributed by atoms with Crippen LogP contribution >= 0.6 is 0 Å². The summed E-state index contributed by atoms with van der Waals surface area (Å²) in [6.45, 7) is 7.71. The third-order valence-electron chi connectivity index (χ3n) is 5.02. The van der Waals surface area contributed by atoms with E-state index in [2.05, 4.69) is 48.3 Å². The fraction of sp³-hybridized carbons (Fsp3) is 0.381. The minimum Gasteiger partial charge on any atom is -0.497 e. The molecule has 1 aliphatic rings. The number of hydrogen-bond acceptors (Lipinski definition) is 4. The summed E-state index contributed by atoms with van der Waals surface area (Å²) in [6, 6.07) is 14.3. The number of hydrogen-bond donors (Lipinski definition) is 1. The summed E-state index contributed by atoms with van der Waals surface area (Å²) in [5, 5.41) is 3.25. The van der Waals surface area contributed by atoms with Crippen molar-refractivity contribution < 1.29 is 9.53 Å². The first-order valence-corrected chi connectivity index (χ1v) is 9.05. The first kappa shape index (κ1) is 18.1. The van der Waals surface area contributed by atoms with E-state index in [-0.39, 0.29) is 5.91 Å². The summed E-state index contributed by atoms with van der Waals surface area (Å²) in [6.07, 6.45) is 0. The number of piperazine rings is 1. The van der Waals surface area contributed by atoms with E-state index in [1.165, 1.54) is 16.8 Å². The zero-order chi connectivity index (χ0) is 18.5. The molecule has 2 aromatic rings. The molecule has 0 radical (unpaired) electrons. The molecule has 5 heteroatoms. The van der Waals surface area contributed by atoms with Crippen LogP contribution in [0.1, 0.15) is 11.1 Å². The summed E-state index contributed by atoms with van der Waals surface area (Å²) in [7, 11) is 1.67. The van der Waals surface area contributed by atoms with Crippen LogP contribution in [-0.2, 0) is 4.79 Å². The van der Waals surface area contributed by atoms with Crippen molar-refractivity contribution >= 4 is 17.3 Å². The first-order valence-electron chi connectivity index (χ1n) is 9.05. The van der Waals surface area contributed by atoms with E-state index in [1.54, 1.807) is 7.11 Å². The zero-order valence-electron chi connectivity index (χ0n) is 15.8. The number of anilines is 2. The molecule has 5 nitrogen and oxygen atoms in total. The molecule has 26 heavy (non-hydrogen) atoms. The summed E-state index contributed by atoms with van der Waals surface area (Å²) in [4.78, 5) is 16.7. The number of methoxy groups -OCH3 is 1. The molecule has 138 valence electrons. The van der Waals surface area contributed by atoms with E-state index in [4.69, 9.17) is 4.74 Å². The van der Waals surface area contributed by atoms with Crippen molar-refractivity contribution in [2.45, 2.75) is 13.8 Å². The molecule has 1 heterocycles. The van der Waals surface area contributed by atoms with Gasteiger partial charge in [0.2, 0.25) is 5.91 Å². The van der Waals surface area contributed by atoms with Crippen LogP contribution < -0.4 is 15.0 Å². The smallest absolute Gasteiger partial charge is 0.241 e. The topological polar surface area (TPSA) is 44.8 Å². The molecule has 0 aromatic heterocycles. The molecule has 1 saturated heterocycles. The van der Waals surface area contributed by atoms with Gasteiger partial charge in [-0.05, 0) is 61.4 Å². The Labute approximate surface area is 155 Å². The van der Waals surface area contributed by atoms with Gasteiger partial charge in [0.05, 0.1) is 13.7 Å². The Balaban J connectivity index is 1.49. The van der Waals surface area contributed by atoms with Gasteiger partial charge in [0, 0.05) is 37.6 Å². The second kappa shape index (κ2) is 8.13. The van der Waals surface area contributed by atoms with Crippen LogP contribution in [0, 0.1) is 13.8 Å². The second-order valence-corrected chi connectivity index (χ2v) is 6.72. The standard InChI is InChI=1S/C21H27N3O2/c1-16-4-5-18(14-17(16)2)22-15-21(25)24-12-10-23(11-13-24)19-6-8-20(26-3)9-7-19/h4-9,14,22H,10-13,15H2,1-3H3. The van der Waals surface area contributed by atoms with Crippen LogP contribution in [0.15, 0.2) is 42.5 Å². The van der Waals surface area contributed by atoms with Crippen LogP contribution in [0.3, 0.4) is 0 Å². The van der Waals surface area contributed by atoms with Crippen molar-refractivity contribution in [3.05, 3.63) is 53.6 Å². The van der Waals surface area contributed by atoms with Gasteiger partial charge in [-0.25, -0.2) is 0 Å². The Morgan fingerprint density at radius 1 is 1.00 bits per heavy atom. The van der Waals surface area contributed by atoms with E-state index >= 15 is 0 Å². The molecule has 1 N–H and O–H groups in total. The Bertz CT molecular complexity index is 750. The number of ether oxygens (including phenoxy) is 1. The molecule has 0 saturated carbocycles. The monoisotopic (exact) mass is 353 g/mol. The lowest BCUT2D eigenvalue weighted by Gasteiger charge is -2.36. The Morgan fingerprint density at radius 2 is 1.69 bits per heavy atom. The Morgan fingerprint density at radius 3 is 2.31 bits per heavy atom. The largest absolute Gasteiger partial charge is 0.497 e. The van der Waals surface area contributed by atoms with Crippen molar-refractivity contribution in [1.29, 1.82) is 0 Å². The highest BCUT2D eigenvalue weighted by atomic mass is 16.5. The van der Waals surface area contributed by atoms with Gasteiger partial charge in [-0.15, -0.1) is 0 Å². The van der Waals surface area contributed by atoms with Crippen LogP contribution in [0.25, 0.3) is 0 Å². The molecule has 0 atom stereocenters. The number of rotatable bonds is 5. The Kier molecular flexibility index (Phi) is 5.66. The SMILES string of the molecule is COc1ccc(N2CCN(C(=O)CNc3ccc(C)c(C)c3)CC2)cc1. The van der Waals surface area contributed by atoms with E-state index in [0.29, 0.717) is 6.54 Å². The van der Waals surface area contributed by atoms with Crippen molar-refractivity contribution in [2.75, 3.05) is 50.1 Å². The molecule has 1 amide bonds. The highest BCUT2D eigenvalue weighted by Crippen LogP contribution is 2.20. The number of aryl methyl sites for hydroxylation is 2. The van der Waals surface area contributed by atoms with E-state index < -0.39 is 0 Å². The van der Waals surface area contributed by atoms with E-state index in [1.807, 2.05) is 23.1 Å². The molecule has 2 aromatic carbocycles. The molecule has 1 aliphatic heterocycles. The second-order valence-electron chi connectivity index (χ2n) is 6.72. The van der Waals surface area contributed by atoms with Crippen LogP contribution in [0.4, 0.5) is 11.4 Å². The fourth-order valence-electron chi connectivity index (χ4n) is 3.15. The summed E-state index contributed by atoms with van der Waals surface area (Å²) >= 11 is 0. The quantitative estimate of drug-likeness (QED) is 0.897. The maximum Gasteiger partial charge on any atom is 0.241 e. The lowest BCUT2D eigenvalue weighted by Crippen LogP contribution is -2.50. The minimum atomic E-state index is 0.151. The van der Waals surface area contributed by atoms with E-state index in [0.717, 1.165) is 37.6 Å². The van der Waals surface area contributed by atoms with Crippen molar-refractivity contribution in [2.24, 2.45) is 0 Å². The minimum absolute atomic E-state index is 0.151. The number of carbonyl (C=O) groups is 1. The van der Waals surface area contributed by atoms with Gasteiger partial charge in [-0.1, -0.05) is 6.07 Å². The lowest BCUT2D eigenvalue weighted by molar-refractivity contribution is -0.129. The Hall–Kier alpha value is -2.69. The van der Waals surface area contributed by atoms with Crippen molar-refractivity contribution in [3.8, 4) is 5.75 Å². The lowest BCUT2D eigenvalue weighted by atomic mass is 10.1. The van der Waals surface area contributed by atoms with Crippen LogP contribution in [0.5, 0.6) is 5.75 Å². The molecule has 1 fully saturated rings. The van der Waals surface area contributed by atoms with Gasteiger partial charge < -0.3 is 19.9 Å². The van der Waals surface area contributed by atoms with Crippen molar-refractivity contribution in [3.63, 3.8) is 0 Å². The zero-order valence-corrected chi connectivity index (χ0v) is 15.8. The maximum absolute atomic E-state index is 12.5. The van der Waals surface area contributed by atoms with Gasteiger partial charge in [-0.2, -0.15) is 0 Å². The van der Waals surface area contributed by atoms with Crippen molar-refractivity contribution in [1.82, 2.24) is 4.90 Å². The fourth-order valence-corrected chi connectivity index (χ4v) is 3.15. The predicted molar refractivity (Wildman–Crippen MR) is 106 cm³/mol. The van der Waals surface area contributed by atoms with Gasteiger partial charge in [0.1, 0.15) is 5.75 Å². The molecule has 0 aliphatic carbocycles. The number of nitrogens with zero attached hydrogens (tertiary/aromatic N) is 2. The first-order chi connectivity index (χ1) is 12.6.